The lowest BCUT2D eigenvalue weighted by Crippen LogP contribution is -2.11. The Hall–Kier alpha value is -3.44. The Balaban J connectivity index is 1.71. The molecule has 3 nitrogen and oxygen atoms in total. The molecule has 0 saturated heterocycles. The predicted molar refractivity (Wildman–Crippen MR) is 114 cm³/mol. The van der Waals surface area contributed by atoms with Crippen molar-refractivity contribution in [1.82, 2.24) is 0 Å². The summed E-state index contributed by atoms with van der Waals surface area (Å²) in [7, 11) is -4.11. The molecule has 0 spiro atoms. The van der Waals surface area contributed by atoms with E-state index in [2.05, 4.69) is 0 Å². The van der Waals surface area contributed by atoms with Gasteiger partial charge in [-0.2, -0.15) is 8.42 Å². The molecule has 0 atom stereocenters. The van der Waals surface area contributed by atoms with Gasteiger partial charge in [0.05, 0.1) is 0 Å². The summed E-state index contributed by atoms with van der Waals surface area (Å²) in [5.41, 5.74) is 2.72. The molecular formula is C25H19FO3S. The van der Waals surface area contributed by atoms with E-state index in [4.69, 9.17) is 4.18 Å². The van der Waals surface area contributed by atoms with E-state index in [0.29, 0.717) is 5.56 Å². The lowest BCUT2D eigenvalue weighted by atomic mass is 9.85. The minimum absolute atomic E-state index is 0.0278. The predicted octanol–water partition coefficient (Wildman–Crippen LogP) is 5.77. The molecule has 0 unspecified atom stereocenters. The maximum Gasteiger partial charge on any atom is 0.339 e. The van der Waals surface area contributed by atoms with Crippen molar-refractivity contribution >= 4 is 10.1 Å². The first-order valence-corrected chi connectivity index (χ1v) is 10.8. The third-order valence-electron chi connectivity index (χ3n) is 4.79. The van der Waals surface area contributed by atoms with Crippen LogP contribution in [0.3, 0.4) is 0 Å². The van der Waals surface area contributed by atoms with Crippen LogP contribution >= 0.6 is 0 Å². The number of hydrogen-bond donors (Lipinski definition) is 0. The van der Waals surface area contributed by atoms with Crippen molar-refractivity contribution in [2.45, 2.75) is 10.8 Å². The first kappa shape index (κ1) is 19.9. The summed E-state index contributed by atoms with van der Waals surface area (Å²) >= 11 is 0. The van der Waals surface area contributed by atoms with E-state index in [9.17, 15) is 12.8 Å². The molecule has 4 aromatic rings. The summed E-state index contributed by atoms with van der Waals surface area (Å²) in [6, 6.07) is 31.6. The quantitative estimate of drug-likeness (QED) is 0.295. The molecule has 0 fully saturated rings. The van der Waals surface area contributed by atoms with Gasteiger partial charge in [0.25, 0.3) is 0 Å². The van der Waals surface area contributed by atoms with Gasteiger partial charge in [-0.25, -0.2) is 4.39 Å². The highest BCUT2D eigenvalue weighted by Crippen LogP contribution is 2.34. The molecule has 4 rings (SSSR count). The van der Waals surface area contributed by atoms with Crippen LogP contribution in [0.1, 0.15) is 22.6 Å². The molecule has 0 bridgehead atoms. The SMILES string of the molecule is O=S(=O)(Oc1ccc(C(c2ccccc2)c2ccccc2)cc1F)c1ccccc1. The summed E-state index contributed by atoms with van der Waals surface area (Å²) in [5, 5.41) is 0. The second-order valence-corrected chi connectivity index (χ2v) is 8.34. The van der Waals surface area contributed by atoms with Gasteiger partial charge in [0.2, 0.25) is 0 Å². The van der Waals surface area contributed by atoms with E-state index in [1.807, 2.05) is 60.7 Å². The highest BCUT2D eigenvalue weighted by molar-refractivity contribution is 7.87. The number of hydrogen-bond acceptors (Lipinski definition) is 3. The minimum Gasteiger partial charge on any atom is -0.376 e. The van der Waals surface area contributed by atoms with Gasteiger partial charge in [-0.05, 0) is 41.0 Å². The Bertz CT molecular complexity index is 1190. The molecule has 0 amide bonds. The minimum atomic E-state index is -4.11. The van der Waals surface area contributed by atoms with Crippen molar-refractivity contribution in [3.63, 3.8) is 0 Å². The largest absolute Gasteiger partial charge is 0.376 e. The van der Waals surface area contributed by atoms with Gasteiger partial charge in [-0.1, -0.05) is 84.9 Å². The van der Waals surface area contributed by atoms with Crippen molar-refractivity contribution in [2.24, 2.45) is 0 Å². The highest BCUT2D eigenvalue weighted by atomic mass is 32.2. The average molecular weight is 418 g/mol. The number of benzene rings is 4. The van der Waals surface area contributed by atoms with E-state index in [0.717, 1.165) is 11.1 Å². The molecule has 0 radical (unpaired) electrons. The van der Waals surface area contributed by atoms with Crippen molar-refractivity contribution < 1.29 is 17.0 Å². The lowest BCUT2D eigenvalue weighted by molar-refractivity contribution is 0.461. The Kier molecular flexibility index (Phi) is 5.63. The monoisotopic (exact) mass is 418 g/mol. The molecule has 150 valence electrons. The molecule has 5 heteroatoms. The van der Waals surface area contributed by atoms with Gasteiger partial charge < -0.3 is 4.18 Å². The van der Waals surface area contributed by atoms with E-state index >= 15 is 0 Å². The van der Waals surface area contributed by atoms with Crippen LogP contribution in [-0.4, -0.2) is 8.42 Å². The van der Waals surface area contributed by atoms with Crippen LogP contribution in [0.2, 0.25) is 0 Å². The first-order chi connectivity index (χ1) is 14.5. The molecule has 4 aromatic carbocycles. The summed E-state index contributed by atoms with van der Waals surface area (Å²) in [4.78, 5) is -0.0278. The zero-order valence-corrected chi connectivity index (χ0v) is 16.8. The van der Waals surface area contributed by atoms with E-state index in [-0.39, 0.29) is 16.6 Å². The van der Waals surface area contributed by atoms with E-state index < -0.39 is 15.9 Å². The standard InChI is InChI=1S/C25H19FO3S/c26-23-18-21(16-17-24(23)29-30(27,28)22-14-8-3-9-15-22)25(19-10-4-1-5-11-19)20-12-6-2-7-13-20/h1-18,25H. The molecule has 0 aromatic heterocycles. The van der Waals surface area contributed by atoms with Gasteiger partial charge in [-0.3, -0.25) is 0 Å². The Morgan fingerprint density at radius 1 is 0.633 bits per heavy atom. The van der Waals surface area contributed by atoms with Crippen LogP contribution in [0.5, 0.6) is 5.75 Å². The fourth-order valence-corrected chi connectivity index (χ4v) is 4.34. The molecule has 30 heavy (non-hydrogen) atoms. The second-order valence-electron chi connectivity index (χ2n) is 6.79. The topological polar surface area (TPSA) is 43.4 Å². The van der Waals surface area contributed by atoms with Gasteiger partial charge in [0, 0.05) is 5.92 Å². The van der Waals surface area contributed by atoms with Crippen LogP contribution in [0, 0.1) is 5.82 Å². The highest BCUT2D eigenvalue weighted by Gasteiger charge is 2.21. The van der Waals surface area contributed by atoms with E-state index in [1.165, 1.54) is 24.3 Å². The maximum absolute atomic E-state index is 14.9. The van der Waals surface area contributed by atoms with Gasteiger partial charge in [-0.15, -0.1) is 0 Å². The Morgan fingerprint density at radius 3 is 1.63 bits per heavy atom. The Morgan fingerprint density at radius 2 is 1.13 bits per heavy atom. The van der Waals surface area contributed by atoms with Crippen LogP contribution < -0.4 is 4.18 Å². The van der Waals surface area contributed by atoms with E-state index in [1.54, 1.807) is 24.3 Å². The van der Waals surface area contributed by atoms with Crippen molar-refractivity contribution in [3.05, 3.63) is 132 Å². The summed E-state index contributed by atoms with van der Waals surface area (Å²) in [6.45, 7) is 0. The van der Waals surface area contributed by atoms with Crippen LogP contribution in [0.25, 0.3) is 0 Å². The summed E-state index contributed by atoms with van der Waals surface area (Å²) in [5.74, 6) is -1.26. The molecule has 0 aliphatic heterocycles. The van der Waals surface area contributed by atoms with Crippen molar-refractivity contribution in [1.29, 1.82) is 0 Å². The van der Waals surface area contributed by atoms with Gasteiger partial charge in [0.1, 0.15) is 4.90 Å². The fraction of sp³-hybridized carbons (Fsp3) is 0.0400. The second kappa shape index (κ2) is 8.51. The summed E-state index contributed by atoms with van der Waals surface area (Å²) < 4.78 is 44.8. The zero-order valence-electron chi connectivity index (χ0n) is 16.0. The lowest BCUT2D eigenvalue weighted by Gasteiger charge is -2.19. The fourth-order valence-electron chi connectivity index (χ4n) is 3.39. The molecule has 0 heterocycles. The molecular weight excluding hydrogens is 399 g/mol. The number of halogens is 1. The average Bonchev–Trinajstić information content (AvgIpc) is 2.78. The van der Waals surface area contributed by atoms with Crippen LogP contribution in [0.4, 0.5) is 4.39 Å². The summed E-state index contributed by atoms with van der Waals surface area (Å²) in [6.07, 6.45) is 0. The first-order valence-electron chi connectivity index (χ1n) is 9.43. The van der Waals surface area contributed by atoms with Gasteiger partial charge in [0.15, 0.2) is 11.6 Å². The molecule has 0 aliphatic carbocycles. The van der Waals surface area contributed by atoms with Crippen molar-refractivity contribution in [3.8, 4) is 5.75 Å². The maximum atomic E-state index is 14.9. The van der Waals surface area contributed by atoms with Gasteiger partial charge >= 0.3 is 10.1 Å². The molecule has 0 N–H and O–H groups in total. The third-order valence-corrected chi connectivity index (χ3v) is 6.03. The smallest absolute Gasteiger partial charge is 0.339 e. The normalized spacial score (nSPS) is 11.4. The van der Waals surface area contributed by atoms with Crippen LogP contribution in [-0.2, 0) is 10.1 Å². The Labute approximate surface area is 175 Å². The van der Waals surface area contributed by atoms with Crippen LogP contribution in [0.15, 0.2) is 114 Å². The third kappa shape index (κ3) is 4.26. The molecule has 0 saturated carbocycles. The number of rotatable bonds is 6. The zero-order chi connectivity index (χ0) is 21.0. The van der Waals surface area contributed by atoms with Crippen molar-refractivity contribution in [2.75, 3.05) is 0 Å². The molecule has 0 aliphatic rings.